The minimum atomic E-state index is -0.368. The van der Waals surface area contributed by atoms with Gasteiger partial charge in [-0.05, 0) is 30.2 Å². The van der Waals surface area contributed by atoms with E-state index in [-0.39, 0.29) is 12.1 Å². The highest BCUT2D eigenvalue weighted by molar-refractivity contribution is 7.14. The van der Waals surface area contributed by atoms with Crippen LogP contribution in [0, 0.1) is 6.92 Å². The molecule has 1 aliphatic carbocycles. The number of nitrogens with one attached hydrogen (secondary N) is 1. The molecule has 1 aliphatic rings. The van der Waals surface area contributed by atoms with Crippen molar-refractivity contribution in [1.82, 2.24) is 10.3 Å². The molecule has 0 saturated carbocycles. The fourth-order valence-electron chi connectivity index (χ4n) is 3.08. The molecule has 23 heavy (non-hydrogen) atoms. The van der Waals surface area contributed by atoms with E-state index in [2.05, 4.69) is 22.4 Å². The smallest absolute Gasteiger partial charge is 0.162 e. The van der Waals surface area contributed by atoms with Gasteiger partial charge in [0.2, 0.25) is 0 Å². The van der Waals surface area contributed by atoms with Crippen LogP contribution in [0.2, 0.25) is 0 Å². The van der Waals surface area contributed by atoms with Crippen molar-refractivity contribution in [3.8, 4) is 10.8 Å². The Kier molecular flexibility index (Phi) is 3.77. The number of benzene rings is 1. The van der Waals surface area contributed by atoms with E-state index in [0.717, 1.165) is 21.4 Å². The van der Waals surface area contributed by atoms with E-state index in [1.165, 1.54) is 11.1 Å². The van der Waals surface area contributed by atoms with Gasteiger partial charge in [-0.3, -0.25) is 0 Å². The molecule has 2 unspecified atom stereocenters. The van der Waals surface area contributed by atoms with E-state index in [1.54, 1.807) is 11.3 Å². The van der Waals surface area contributed by atoms with Crippen LogP contribution in [-0.4, -0.2) is 16.2 Å². The molecule has 1 aromatic carbocycles. The summed E-state index contributed by atoms with van der Waals surface area (Å²) in [5, 5.41) is 14.6. The molecule has 2 atom stereocenters. The van der Waals surface area contributed by atoms with E-state index in [0.29, 0.717) is 13.0 Å². The number of aliphatic hydroxyl groups is 1. The number of aryl methyl sites for hydroxylation is 1. The summed E-state index contributed by atoms with van der Waals surface area (Å²) in [4.78, 5) is 5.56. The second-order valence-corrected chi connectivity index (χ2v) is 6.99. The molecule has 2 heterocycles. The first-order valence-corrected chi connectivity index (χ1v) is 8.53. The fourth-order valence-corrected chi connectivity index (χ4v) is 3.91. The Labute approximate surface area is 138 Å². The summed E-state index contributed by atoms with van der Waals surface area (Å²) in [7, 11) is 0. The lowest BCUT2D eigenvalue weighted by Crippen LogP contribution is -2.28. The second kappa shape index (κ2) is 5.92. The second-order valence-electron chi connectivity index (χ2n) is 5.87. The Balaban J connectivity index is 1.47. The average molecular weight is 326 g/mol. The molecule has 0 fully saturated rings. The zero-order valence-corrected chi connectivity index (χ0v) is 13.6. The van der Waals surface area contributed by atoms with Crippen LogP contribution in [0.25, 0.3) is 10.8 Å². The monoisotopic (exact) mass is 326 g/mol. The van der Waals surface area contributed by atoms with E-state index in [4.69, 9.17) is 4.42 Å². The van der Waals surface area contributed by atoms with Gasteiger partial charge in [-0.25, -0.2) is 4.98 Å². The number of furan rings is 1. The highest BCUT2D eigenvalue weighted by Gasteiger charge is 2.30. The molecule has 0 amide bonds. The number of nitrogens with zero attached hydrogens (tertiary/aromatic N) is 1. The number of hydrogen-bond donors (Lipinski definition) is 2. The summed E-state index contributed by atoms with van der Waals surface area (Å²) in [5.74, 6) is 1.70. The molecule has 0 spiro atoms. The Morgan fingerprint density at radius 2 is 2.17 bits per heavy atom. The predicted octanol–water partition coefficient (Wildman–Crippen LogP) is 3.46. The molecule has 0 bridgehead atoms. The van der Waals surface area contributed by atoms with Gasteiger partial charge < -0.3 is 14.8 Å². The number of hydrogen-bond acceptors (Lipinski definition) is 5. The lowest BCUT2D eigenvalue weighted by molar-refractivity contribution is 0.141. The van der Waals surface area contributed by atoms with E-state index in [1.807, 2.05) is 37.4 Å². The topological polar surface area (TPSA) is 58.3 Å². The minimum Gasteiger partial charge on any atom is -0.459 e. The van der Waals surface area contributed by atoms with Crippen molar-refractivity contribution in [3.63, 3.8) is 0 Å². The van der Waals surface area contributed by atoms with Crippen LogP contribution in [0.15, 0.2) is 47.0 Å². The van der Waals surface area contributed by atoms with Crippen molar-refractivity contribution in [2.75, 3.05) is 0 Å². The van der Waals surface area contributed by atoms with Gasteiger partial charge in [-0.1, -0.05) is 24.3 Å². The van der Waals surface area contributed by atoms with Gasteiger partial charge in [-0.15, -0.1) is 11.3 Å². The van der Waals surface area contributed by atoms with Crippen LogP contribution in [-0.2, 0) is 13.0 Å². The first-order valence-electron chi connectivity index (χ1n) is 7.71. The lowest BCUT2D eigenvalue weighted by atomic mass is 10.1. The summed E-state index contributed by atoms with van der Waals surface area (Å²) < 4.78 is 5.61. The molecule has 2 aromatic heterocycles. The zero-order chi connectivity index (χ0) is 15.8. The van der Waals surface area contributed by atoms with Gasteiger partial charge >= 0.3 is 0 Å². The first kappa shape index (κ1) is 14.6. The van der Waals surface area contributed by atoms with Gasteiger partial charge in [0, 0.05) is 24.0 Å². The summed E-state index contributed by atoms with van der Waals surface area (Å²) in [6, 6.07) is 12.1. The molecule has 0 saturated heterocycles. The van der Waals surface area contributed by atoms with Crippen molar-refractivity contribution in [2.45, 2.75) is 32.0 Å². The third kappa shape index (κ3) is 2.83. The molecule has 4 nitrogen and oxygen atoms in total. The normalized spacial score (nSPS) is 19.9. The maximum Gasteiger partial charge on any atom is 0.162 e. The SMILES string of the molecule is Cc1ccc(-c2ncc(CNC3c4ccccc4CC3O)s2)o1. The summed E-state index contributed by atoms with van der Waals surface area (Å²) in [6.45, 7) is 2.62. The quantitative estimate of drug-likeness (QED) is 0.771. The largest absolute Gasteiger partial charge is 0.459 e. The summed E-state index contributed by atoms with van der Waals surface area (Å²) in [5.41, 5.74) is 2.43. The maximum atomic E-state index is 10.3. The van der Waals surface area contributed by atoms with Crippen LogP contribution < -0.4 is 5.32 Å². The third-order valence-electron chi connectivity index (χ3n) is 4.20. The van der Waals surface area contributed by atoms with Crippen molar-refractivity contribution in [1.29, 1.82) is 0 Å². The molecular weight excluding hydrogens is 308 g/mol. The Morgan fingerprint density at radius 3 is 3.00 bits per heavy atom. The molecule has 0 aliphatic heterocycles. The molecule has 0 radical (unpaired) electrons. The highest BCUT2D eigenvalue weighted by Crippen LogP contribution is 2.32. The fraction of sp³-hybridized carbons (Fsp3) is 0.278. The third-order valence-corrected chi connectivity index (χ3v) is 5.22. The number of aliphatic hydroxyl groups excluding tert-OH is 1. The van der Waals surface area contributed by atoms with Crippen molar-refractivity contribution < 1.29 is 9.52 Å². The molecule has 3 aromatic rings. The Morgan fingerprint density at radius 1 is 1.30 bits per heavy atom. The van der Waals surface area contributed by atoms with Crippen LogP contribution in [0.1, 0.15) is 27.8 Å². The van der Waals surface area contributed by atoms with Crippen molar-refractivity contribution >= 4 is 11.3 Å². The van der Waals surface area contributed by atoms with Crippen molar-refractivity contribution in [2.24, 2.45) is 0 Å². The number of aromatic nitrogens is 1. The van der Waals surface area contributed by atoms with Gasteiger partial charge in [0.15, 0.2) is 10.8 Å². The first-order chi connectivity index (χ1) is 11.2. The predicted molar refractivity (Wildman–Crippen MR) is 90.3 cm³/mol. The van der Waals surface area contributed by atoms with Crippen LogP contribution in [0.4, 0.5) is 0 Å². The Bertz CT molecular complexity index is 824. The number of rotatable bonds is 4. The molecule has 5 heteroatoms. The van der Waals surface area contributed by atoms with Crippen LogP contribution >= 0.6 is 11.3 Å². The van der Waals surface area contributed by atoms with E-state index >= 15 is 0 Å². The van der Waals surface area contributed by atoms with Crippen LogP contribution in [0.3, 0.4) is 0 Å². The number of fused-ring (bicyclic) bond motifs is 1. The Hall–Kier alpha value is -1.95. The summed E-state index contributed by atoms with van der Waals surface area (Å²) in [6.07, 6.45) is 2.22. The van der Waals surface area contributed by atoms with Crippen molar-refractivity contribution in [3.05, 3.63) is 64.4 Å². The standard InChI is InChI=1S/C18H18N2O2S/c1-11-6-7-16(22-11)18-20-10-13(23-18)9-19-17-14-5-3-2-4-12(14)8-15(17)21/h2-7,10,15,17,19,21H,8-9H2,1H3. The van der Waals surface area contributed by atoms with Gasteiger partial charge in [-0.2, -0.15) is 0 Å². The molecular formula is C18H18N2O2S. The lowest BCUT2D eigenvalue weighted by Gasteiger charge is -2.17. The van der Waals surface area contributed by atoms with Gasteiger partial charge in [0.1, 0.15) is 5.76 Å². The van der Waals surface area contributed by atoms with Crippen LogP contribution in [0.5, 0.6) is 0 Å². The molecule has 2 N–H and O–H groups in total. The minimum absolute atomic E-state index is 0.0115. The van der Waals surface area contributed by atoms with Gasteiger partial charge in [0.25, 0.3) is 0 Å². The van der Waals surface area contributed by atoms with Gasteiger partial charge in [0.05, 0.1) is 12.1 Å². The summed E-state index contributed by atoms with van der Waals surface area (Å²) >= 11 is 1.62. The highest BCUT2D eigenvalue weighted by atomic mass is 32.1. The van der Waals surface area contributed by atoms with E-state index < -0.39 is 0 Å². The molecule has 118 valence electrons. The zero-order valence-electron chi connectivity index (χ0n) is 12.8. The van der Waals surface area contributed by atoms with E-state index in [9.17, 15) is 5.11 Å². The number of thiazole rings is 1. The molecule has 4 rings (SSSR count). The average Bonchev–Trinajstić information content (AvgIpc) is 3.23. The maximum absolute atomic E-state index is 10.3.